The number of ether oxygens (including phenoxy) is 1. The Hall–Kier alpha value is -1.57. The van der Waals surface area contributed by atoms with Gasteiger partial charge in [-0.25, -0.2) is 4.79 Å². The van der Waals surface area contributed by atoms with Crippen LogP contribution >= 0.6 is 0 Å². The van der Waals surface area contributed by atoms with Crippen LogP contribution in [0.3, 0.4) is 0 Å². The molecule has 0 saturated heterocycles. The lowest BCUT2D eigenvalue weighted by atomic mass is 10.1. The first kappa shape index (κ1) is 10.5. The van der Waals surface area contributed by atoms with E-state index in [1.807, 2.05) is 37.3 Å². The average Bonchev–Trinajstić information content (AvgIpc) is 2.19. The van der Waals surface area contributed by atoms with Gasteiger partial charge in [0.1, 0.15) is 6.10 Å². The van der Waals surface area contributed by atoms with E-state index >= 15 is 0 Å². The van der Waals surface area contributed by atoms with Crippen LogP contribution in [0.1, 0.15) is 12.5 Å². The Labute approximate surface area is 84.2 Å². The predicted molar refractivity (Wildman–Crippen MR) is 55.9 cm³/mol. The second-order valence-corrected chi connectivity index (χ2v) is 3.14. The van der Waals surface area contributed by atoms with Crippen molar-refractivity contribution < 1.29 is 9.53 Å². The van der Waals surface area contributed by atoms with E-state index in [1.165, 1.54) is 6.08 Å². The first-order chi connectivity index (χ1) is 6.72. The molecule has 0 aromatic heterocycles. The van der Waals surface area contributed by atoms with Crippen LogP contribution in [0.2, 0.25) is 0 Å². The molecule has 0 saturated carbocycles. The van der Waals surface area contributed by atoms with Crippen LogP contribution < -0.4 is 0 Å². The lowest BCUT2D eigenvalue weighted by molar-refractivity contribution is -0.142. The van der Waals surface area contributed by atoms with E-state index in [1.54, 1.807) is 0 Å². The van der Waals surface area contributed by atoms with Gasteiger partial charge in [0.2, 0.25) is 0 Å². The predicted octanol–water partition coefficient (Wildman–Crippen LogP) is 2.35. The van der Waals surface area contributed by atoms with E-state index < -0.39 is 0 Å². The smallest absolute Gasteiger partial charge is 0.330 e. The number of esters is 1. The van der Waals surface area contributed by atoms with Gasteiger partial charge in [-0.1, -0.05) is 36.9 Å². The summed E-state index contributed by atoms with van der Waals surface area (Å²) in [5.74, 6) is -0.367. The molecule has 2 heteroatoms. The molecule has 0 radical (unpaired) electrons. The molecule has 0 aliphatic heterocycles. The molecule has 1 unspecified atom stereocenters. The molecule has 14 heavy (non-hydrogen) atoms. The summed E-state index contributed by atoms with van der Waals surface area (Å²) in [6, 6.07) is 9.93. The summed E-state index contributed by atoms with van der Waals surface area (Å²) in [6.07, 6.45) is 1.81. The SMILES string of the molecule is C=CC(=O)OC(C)Cc1ccccc1. The van der Waals surface area contributed by atoms with Crippen LogP contribution in [-0.2, 0) is 16.0 Å². The van der Waals surface area contributed by atoms with Gasteiger partial charge in [-0.05, 0) is 12.5 Å². The van der Waals surface area contributed by atoms with Gasteiger partial charge in [-0.3, -0.25) is 0 Å². The summed E-state index contributed by atoms with van der Waals surface area (Å²) in [5.41, 5.74) is 1.16. The molecule has 2 nitrogen and oxygen atoms in total. The Morgan fingerprint density at radius 3 is 2.71 bits per heavy atom. The second kappa shape index (κ2) is 5.22. The van der Waals surface area contributed by atoms with E-state index in [0.717, 1.165) is 12.0 Å². The molecule has 0 heterocycles. The lowest BCUT2D eigenvalue weighted by Crippen LogP contribution is -2.15. The van der Waals surface area contributed by atoms with Crippen molar-refractivity contribution >= 4 is 5.97 Å². The Bertz CT molecular complexity index is 303. The zero-order valence-corrected chi connectivity index (χ0v) is 8.27. The number of hydrogen-bond acceptors (Lipinski definition) is 2. The van der Waals surface area contributed by atoms with Crippen LogP contribution in [0.25, 0.3) is 0 Å². The summed E-state index contributed by atoms with van der Waals surface area (Å²) in [4.78, 5) is 10.9. The molecule has 0 fully saturated rings. The highest BCUT2D eigenvalue weighted by atomic mass is 16.5. The molecule has 0 N–H and O–H groups in total. The maximum atomic E-state index is 10.9. The molecular formula is C12H14O2. The standard InChI is InChI=1S/C12H14O2/c1-3-12(13)14-10(2)9-11-7-5-4-6-8-11/h3-8,10H,1,9H2,2H3. The lowest BCUT2D eigenvalue weighted by Gasteiger charge is -2.11. The average molecular weight is 190 g/mol. The fourth-order valence-electron chi connectivity index (χ4n) is 1.23. The van der Waals surface area contributed by atoms with Crippen molar-refractivity contribution in [3.05, 3.63) is 48.6 Å². The molecule has 1 rings (SSSR count). The monoisotopic (exact) mass is 190 g/mol. The summed E-state index contributed by atoms with van der Waals surface area (Å²) >= 11 is 0. The fraction of sp³-hybridized carbons (Fsp3) is 0.250. The second-order valence-electron chi connectivity index (χ2n) is 3.14. The quantitative estimate of drug-likeness (QED) is 0.538. The minimum Gasteiger partial charge on any atom is -0.459 e. The number of benzene rings is 1. The molecule has 0 bridgehead atoms. The maximum Gasteiger partial charge on any atom is 0.330 e. The van der Waals surface area contributed by atoms with E-state index in [0.29, 0.717) is 0 Å². The summed E-state index contributed by atoms with van der Waals surface area (Å²) in [7, 11) is 0. The minimum atomic E-state index is -0.367. The Balaban J connectivity index is 2.45. The normalized spacial score (nSPS) is 11.8. The summed E-state index contributed by atoms with van der Waals surface area (Å²) in [5, 5.41) is 0. The van der Waals surface area contributed by atoms with Crippen molar-refractivity contribution in [2.75, 3.05) is 0 Å². The van der Waals surface area contributed by atoms with Crippen LogP contribution in [0.15, 0.2) is 43.0 Å². The molecule has 1 aromatic rings. The topological polar surface area (TPSA) is 26.3 Å². The van der Waals surface area contributed by atoms with E-state index in [2.05, 4.69) is 6.58 Å². The fourth-order valence-corrected chi connectivity index (χ4v) is 1.23. The highest BCUT2D eigenvalue weighted by Gasteiger charge is 2.06. The first-order valence-corrected chi connectivity index (χ1v) is 4.59. The van der Waals surface area contributed by atoms with Crippen molar-refractivity contribution in [1.82, 2.24) is 0 Å². The van der Waals surface area contributed by atoms with Crippen LogP contribution in [0.4, 0.5) is 0 Å². The van der Waals surface area contributed by atoms with E-state index in [9.17, 15) is 4.79 Å². The van der Waals surface area contributed by atoms with Gasteiger partial charge in [0, 0.05) is 12.5 Å². The molecule has 1 atom stereocenters. The van der Waals surface area contributed by atoms with Gasteiger partial charge in [-0.15, -0.1) is 0 Å². The molecule has 1 aromatic carbocycles. The van der Waals surface area contributed by atoms with Crippen LogP contribution in [0, 0.1) is 0 Å². The van der Waals surface area contributed by atoms with Gasteiger partial charge in [0.25, 0.3) is 0 Å². The minimum absolute atomic E-state index is 0.108. The van der Waals surface area contributed by atoms with E-state index in [-0.39, 0.29) is 12.1 Å². The van der Waals surface area contributed by atoms with Crippen molar-refractivity contribution in [3.8, 4) is 0 Å². The van der Waals surface area contributed by atoms with Gasteiger partial charge < -0.3 is 4.74 Å². The largest absolute Gasteiger partial charge is 0.459 e. The number of rotatable bonds is 4. The highest BCUT2D eigenvalue weighted by Crippen LogP contribution is 2.05. The van der Waals surface area contributed by atoms with Gasteiger partial charge in [0.05, 0.1) is 0 Å². The van der Waals surface area contributed by atoms with Crippen LogP contribution in [0.5, 0.6) is 0 Å². The van der Waals surface area contributed by atoms with E-state index in [4.69, 9.17) is 4.74 Å². The van der Waals surface area contributed by atoms with Crippen molar-refractivity contribution in [1.29, 1.82) is 0 Å². The third-order valence-electron chi connectivity index (χ3n) is 1.85. The van der Waals surface area contributed by atoms with Crippen LogP contribution in [-0.4, -0.2) is 12.1 Å². The Kier molecular flexibility index (Phi) is 3.92. The summed E-state index contributed by atoms with van der Waals surface area (Å²) < 4.78 is 5.05. The third kappa shape index (κ3) is 3.44. The number of carbonyl (C=O) groups excluding carboxylic acids is 1. The Morgan fingerprint density at radius 2 is 2.14 bits per heavy atom. The van der Waals surface area contributed by atoms with Gasteiger partial charge in [0.15, 0.2) is 0 Å². The molecule has 74 valence electrons. The van der Waals surface area contributed by atoms with Gasteiger partial charge >= 0.3 is 5.97 Å². The molecule has 0 aliphatic rings. The molecule has 0 spiro atoms. The third-order valence-corrected chi connectivity index (χ3v) is 1.85. The van der Waals surface area contributed by atoms with Gasteiger partial charge in [-0.2, -0.15) is 0 Å². The van der Waals surface area contributed by atoms with Crippen molar-refractivity contribution in [2.24, 2.45) is 0 Å². The zero-order valence-electron chi connectivity index (χ0n) is 8.27. The Morgan fingerprint density at radius 1 is 1.50 bits per heavy atom. The van der Waals surface area contributed by atoms with Crippen molar-refractivity contribution in [3.63, 3.8) is 0 Å². The molecule has 0 aliphatic carbocycles. The zero-order chi connectivity index (χ0) is 10.4. The molecular weight excluding hydrogens is 176 g/mol. The number of hydrogen-bond donors (Lipinski definition) is 0. The summed E-state index contributed by atoms with van der Waals surface area (Å²) in [6.45, 7) is 5.22. The first-order valence-electron chi connectivity index (χ1n) is 4.59. The maximum absolute atomic E-state index is 10.9. The highest BCUT2D eigenvalue weighted by molar-refractivity contribution is 5.81. The van der Waals surface area contributed by atoms with Crippen molar-refractivity contribution in [2.45, 2.75) is 19.4 Å². The number of carbonyl (C=O) groups is 1. The molecule has 0 amide bonds.